The van der Waals surface area contributed by atoms with Gasteiger partial charge in [0.2, 0.25) is 0 Å². The number of thiophene rings is 1. The van der Waals surface area contributed by atoms with Crippen LogP contribution in [-0.2, 0) is 0 Å². The molecule has 11 rings (SSSR count). The second-order valence-corrected chi connectivity index (χ2v) is 14.4. The van der Waals surface area contributed by atoms with Crippen molar-refractivity contribution in [3.05, 3.63) is 176 Å². The molecule has 0 aliphatic carbocycles. The van der Waals surface area contributed by atoms with Gasteiger partial charge in [0.15, 0.2) is 0 Å². The van der Waals surface area contributed by atoms with Crippen LogP contribution in [-0.4, -0.2) is 0 Å². The van der Waals surface area contributed by atoms with Crippen LogP contribution < -0.4 is 4.90 Å². The lowest BCUT2D eigenvalue weighted by atomic mass is 9.95. The van der Waals surface area contributed by atoms with Gasteiger partial charge in [-0.2, -0.15) is 0 Å². The monoisotopic (exact) mass is 667 g/mol. The molecule has 0 N–H and O–H groups in total. The first kappa shape index (κ1) is 28.4. The molecule has 0 fully saturated rings. The maximum atomic E-state index is 6.36. The molecule has 2 heterocycles. The Labute approximate surface area is 298 Å². The van der Waals surface area contributed by atoms with Crippen molar-refractivity contribution in [3.8, 4) is 11.1 Å². The highest BCUT2D eigenvalue weighted by molar-refractivity contribution is 7.25. The van der Waals surface area contributed by atoms with E-state index < -0.39 is 0 Å². The molecule has 0 saturated carbocycles. The summed E-state index contributed by atoms with van der Waals surface area (Å²) >= 11 is 1.85. The van der Waals surface area contributed by atoms with Gasteiger partial charge in [0, 0.05) is 54.1 Å². The summed E-state index contributed by atoms with van der Waals surface area (Å²) in [6, 6.07) is 63.9. The van der Waals surface area contributed by atoms with Crippen molar-refractivity contribution in [1.82, 2.24) is 0 Å². The summed E-state index contributed by atoms with van der Waals surface area (Å²) in [6.45, 7) is 0. The Morgan fingerprint density at radius 3 is 1.76 bits per heavy atom. The lowest BCUT2D eigenvalue weighted by Crippen LogP contribution is -2.09. The molecule has 0 amide bonds. The Balaban J connectivity index is 1.03. The van der Waals surface area contributed by atoms with Gasteiger partial charge in [0.05, 0.1) is 0 Å². The summed E-state index contributed by atoms with van der Waals surface area (Å²) < 4.78 is 8.94. The molecule has 11 aromatic rings. The lowest BCUT2D eigenvalue weighted by molar-refractivity contribution is 0.669. The SMILES string of the molecule is c1ccc2c(c1)ccc1c3ccc(-c4ccc(N(c5ccc6c(c5)oc5ccccc56)c5ccc6c(c5)sc5ccccc56)cc4)cc3ccc21. The molecule has 0 aliphatic rings. The van der Waals surface area contributed by atoms with E-state index in [4.69, 9.17) is 4.42 Å². The Morgan fingerprint density at radius 2 is 0.902 bits per heavy atom. The predicted octanol–water partition coefficient (Wildman–Crippen LogP) is 14.6. The van der Waals surface area contributed by atoms with Crippen LogP contribution in [0.3, 0.4) is 0 Å². The van der Waals surface area contributed by atoms with E-state index in [-0.39, 0.29) is 0 Å². The predicted molar refractivity (Wildman–Crippen MR) is 219 cm³/mol. The van der Waals surface area contributed by atoms with Gasteiger partial charge < -0.3 is 9.32 Å². The highest BCUT2D eigenvalue weighted by Crippen LogP contribution is 2.43. The first-order chi connectivity index (χ1) is 25.2. The summed E-state index contributed by atoms with van der Waals surface area (Å²) in [6.07, 6.45) is 0. The minimum absolute atomic E-state index is 0.884. The fraction of sp³-hybridized carbons (Fsp3) is 0. The summed E-state index contributed by atoms with van der Waals surface area (Å²) in [4.78, 5) is 2.34. The zero-order chi connectivity index (χ0) is 33.5. The van der Waals surface area contributed by atoms with Gasteiger partial charge in [-0.25, -0.2) is 0 Å². The summed E-state index contributed by atoms with van der Waals surface area (Å²) in [7, 11) is 0. The van der Waals surface area contributed by atoms with Crippen LogP contribution in [0.5, 0.6) is 0 Å². The van der Waals surface area contributed by atoms with Crippen LogP contribution in [0.4, 0.5) is 17.1 Å². The third-order valence-electron chi connectivity index (χ3n) is 10.4. The first-order valence-corrected chi connectivity index (χ1v) is 18.1. The average Bonchev–Trinajstić information content (AvgIpc) is 3.75. The Kier molecular flexibility index (Phi) is 6.16. The molecule has 3 heteroatoms. The molecule has 9 aromatic carbocycles. The number of rotatable bonds is 4. The molecule has 51 heavy (non-hydrogen) atoms. The van der Waals surface area contributed by atoms with E-state index in [2.05, 4.69) is 169 Å². The number of hydrogen-bond donors (Lipinski definition) is 0. The molecule has 0 spiro atoms. The zero-order valence-corrected chi connectivity index (χ0v) is 28.3. The van der Waals surface area contributed by atoms with Crippen LogP contribution in [0.1, 0.15) is 0 Å². The second-order valence-electron chi connectivity index (χ2n) is 13.3. The van der Waals surface area contributed by atoms with Gasteiger partial charge in [-0.3, -0.25) is 0 Å². The van der Waals surface area contributed by atoms with Gasteiger partial charge in [-0.15, -0.1) is 11.3 Å². The van der Waals surface area contributed by atoms with E-state index in [1.165, 1.54) is 63.6 Å². The number of fused-ring (bicyclic) bond motifs is 11. The Bertz CT molecular complexity index is 3040. The van der Waals surface area contributed by atoms with Crippen molar-refractivity contribution >= 4 is 103 Å². The molecule has 2 nitrogen and oxygen atoms in total. The third kappa shape index (κ3) is 4.49. The smallest absolute Gasteiger partial charge is 0.137 e. The molecule has 238 valence electrons. The maximum Gasteiger partial charge on any atom is 0.137 e. The van der Waals surface area contributed by atoms with E-state index in [0.29, 0.717) is 0 Å². The molecular formula is C48H29NOS. The standard InChI is InChI=1S/C48H29NOS/c1-2-8-37-31(7-1)15-23-40-38-22-16-32(27-33(38)17-24-39(37)40)30-13-18-34(19-14-30)49(35-20-25-42-41-9-3-5-11-45(41)50-46(42)28-35)36-21-26-44-43-10-4-6-12-47(43)51-48(44)29-36/h1-29H. The van der Waals surface area contributed by atoms with Crippen molar-refractivity contribution in [2.45, 2.75) is 0 Å². The highest BCUT2D eigenvalue weighted by Gasteiger charge is 2.17. The third-order valence-corrected chi connectivity index (χ3v) is 11.6. The fourth-order valence-electron chi connectivity index (χ4n) is 7.97. The summed E-state index contributed by atoms with van der Waals surface area (Å²) in [5.74, 6) is 0. The van der Waals surface area contributed by atoms with Crippen molar-refractivity contribution in [3.63, 3.8) is 0 Å². The molecular weight excluding hydrogens is 639 g/mol. The quantitative estimate of drug-likeness (QED) is 0.174. The second kappa shape index (κ2) is 11.0. The van der Waals surface area contributed by atoms with Crippen LogP contribution in [0.25, 0.3) is 85.6 Å². The minimum atomic E-state index is 0.884. The number of benzene rings is 9. The molecule has 0 unspecified atom stereocenters. The van der Waals surface area contributed by atoms with Crippen LogP contribution in [0, 0.1) is 0 Å². The zero-order valence-electron chi connectivity index (χ0n) is 27.5. The van der Waals surface area contributed by atoms with E-state index in [1.807, 2.05) is 23.5 Å². The van der Waals surface area contributed by atoms with E-state index >= 15 is 0 Å². The van der Waals surface area contributed by atoms with Gasteiger partial charge in [-0.1, -0.05) is 115 Å². The normalized spacial score (nSPS) is 11.9. The fourth-order valence-corrected chi connectivity index (χ4v) is 9.11. The summed E-state index contributed by atoms with van der Waals surface area (Å²) in [5, 5.41) is 12.6. The minimum Gasteiger partial charge on any atom is -0.456 e. The van der Waals surface area contributed by atoms with Gasteiger partial charge in [0.1, 0.15) is 11.2 Å². The van der Waals surface area contributed by atoms with Crippen molar-refractivity contribution in [1.29, 1.82) is 0 Å². The van der Waals surface area contributed by atoms with Crippen molar-refractivity contribution < 1.29 is 4.42 Å². The van der Waals surface area contributed by atoms with Gasteiger partial charge in [0.25, 0.3) is 0 Å². The summed E-state index contributed by atoms with van der Waals surface area (Å²) in [5.41, 5.74) is 7.44. The molecule has 0 radical (unpaired) electrons. The average molecular weight is 668 g/mol. The Morgan fingerprint density at radius 1 is 0.333 bits per heavy atom. The first-order valence-electron chi connectivity index (χ1n) is 17.3. The molecule has 0 bridgehead atoms. The number of hydrogen-bond acceptors (Lipinski definition) is 3. The van der Waals surface area contributed by atoms with Crippen LogP contribution in [0.15, 0.2) is 180 Å². The van der Waals surface area contributed by atoms with Crippen molar-refractivity contribution in [2.24, 2.45) is 0 Å². The topological polar surface area (TPSA) is 16.4 Å². The van der Waals surface area contributed by atoms with Gasteiger partial charge in [-0.05, 0) is 98.0 Å². The largest absolute Gasteiger partial charge is 0.456 e. The molecule has 0 aliphatic heterocycles. The Hall–Kier alpha value is -6.42. The number of para-hydroxylation sites is 1. The van der Waals surface area contributed by atoms with Gasteiger partial charge >= 0.3 is 0 Å². The van der Waals surface area contributed by atoms with Crippen molar-refractivity contribution in [2.75, 3.05) is 4.90 Å². The van der Waals surface area contributed by atoms with Crippen LogP contribution in [0.2, 0.25) is 0 Å². The molecule has 0 saturated heterocycles. The number of furan rings is 1. The number of anilines is 3. The maximum absolute atomic E-state index is 6.36. The van der Waals surface area contributed by atoms with E-state index in [9.17, 15) is 0 Å². The lowest BCUT2D eigenvalue weighted by Gasteiger charge is -2.26. The highest BCUT2D eigenvalue weighted by atomic mass is 32.1. The van der Waals surface area contributed by atoms with Crippen LogP contribution >= 0.6 is 11.3 Å². The molecule has 2 aromatic heterocycles. The van der Waals surface area contributed by atoms with E-state index in [1.54, 1.807) is 0 Å². The van der Waals surface area contributed by atoms with E-state index in [0.717, 1.165) is 39.0 Å². The molecule has 0 atom stereocenters. The number of nitrogens with zero attached hydrogens (tertiary/aromatic N) is 1.